The van der Waals surface area contributed by atoms with Gasteiger partial charge >= 0.3 is 0 Å². The third kappa shape index (κ3) is 9.51. The molecule has 0 bridgehead atoms. The second-order valence-corrected chi connectivity index (χ2v) is 15.3. The Kier molecular flexibility index (Phi) is 13.1. The van der Waals surface area contributed by atoms with Gasteiger partial charge in [0, 0.05) is 34.1 Å². The van der Waals surface area contributed by atoms with Crippen LogP contribution >= 0.6 is 34.8 Å². The van der Waals surface area contributed by atoms with E-state index in [1.165, 1.54) is 29.2 Å². The fraction of sp³-hybridized carbons (Fsp3) is 0.316. The van der Waals surface area contributed by atoms with Crippen molar-refractivity contribution in [3.63, 3.8) is 0 Å². The van der Waals surface area contributed by atoms with Gasteiger partial charge in [-0.2, -0.15) is 0 Å². The Balaban J connectivity index is 1.61. The monoisotopic (exact) mass is 755 g/mol. The van der Waals surface area contributed by atoms with Gasteiger partial charge in [0.1, 0.15) is 18.3 Å². The molecule has 0 aliphatic heterocycles. The molecule has 1 aliphatic carbocycles. The number of hydrogen-bond acceptors (Lipinski definition) is 5. The van der Waals surface area contributed by atoms with E-state index in [9.17, 15) is 18.0 Å². The molecule has 0 saturated heterocycles. The summed E-state index contributed by atoms with van der Waals surface area (Å²) in [5.74, 6) is -0.649. The first-order valence-corrected chi connectivity index (χ1v) is 19.2. The van der Waals surface area contributed by atoms with E-state index in [1.54, 1.807) is 49.4 Å². The number of halogens is 3. The van der Waals surface area contributed by atoms with Crippen LogP contribution in [0.1, 0.15) is 50.2 Å². The summed E-state index contributed by atoms with van der Waals surface area (Å²) in [4.78, 5) is 30.5. The fourth-order valence-corrected chi connectivity index (χ4v) is 8.14. The zero-order valence-corrected chi connectivity index (χ0v) is 30.8. The van der Waals surface area contributed by atoms with E-state index in [0.29, 0.717) is 20.6 Å². The Labute approximate surface area is 309 Å². The molecule has 8 nitrogen and oxygen atoms in total. The quantitative estimate of drug-likeness (QED) is 0.140. The highest BCUT2D eigenvalue weighted by Crippen LogP contribution is 2.34. The lowest BCUT2D eigenvalue weighted by Crippen LogP contribution is -2.55. The number of nitrogens with one attached hydrogen (secondary N) is 1. The maximum Gasteiger partial charge on any atom is 0.264 e. The van der Waals surface area contributed by atoms with Gasteiger partial charge in [0.05, 0.1) is 17.2 Å². The molecule has 264 valence electrons. The average molecular weight is 757 g/mol. The molecular weight excluding hydrogens is 717 g/mol. The third-order valence-electron chi connectivity index (χ3n) is 8.69. The van der Waals surface area contributed by atoms with E-state index in [0.717, 1.165) is 42.0 Å². The van der Waals surface area contributed by atoms with Crippen LogP contribution in [0.4, 0.5) is 5.69 Å². The van der Waals surface area contributed by atoms with Crippen LogP contribution in [-0.2, 0) is 32.6 Å². The van der Waals surface area contributed by atoms with Gasteiger partial charge in [0.15, 0.2) is 0 Å². The lowest BCUT2D eigenvalue weighted by atomic mass is 9.94. The minimum absolute atomic E-state index is 0.0227. The number of carbonyl (C=O) groups is 2. The highest BCUT2D eigenvalue weighted by atomic mass is 35.5. The van der Waals surface area contributed by atoms with Crippen LogP contribution in [-0.4, -0.2) is 50.4 Å². The summed E-state index contributed by atoms with van der Waals surface area (Å²) in [5.41, 5.74) is 1.56. The number of ether oxygens (including phenoxy) is 1. The van der Waals surface area contributed by atoms with Gasteiger partial charge in [-0.1, -0.05) is 103 Å². The van der Waals surface area contributed by atoms with E-state index < -0.39 is 28.5 Å². The molecule has 4 aromatic rings. The van der Waals surface area contributed by atoms with Crippen molar-refractivity contribution in [2.45, 2.75) is 69.0 Å². The number of amides is 2. The molecule has 12 heteroatoms. The SMILES string of the molecule is CCOc1ccccc1N(CC(=O)N(Cc1ccc(Cl)cc1Cl)[C@H](Cc1ccccc1)C(=O)NC1CCCCC1)S(=O)(=O)c1ccc(Cl)cc1. The van der Waals surface area contributed by atoms with Crippen LogP contribution in [0.2, 0.25) is 15.1 Å². The van der Waals surface area contributed by atoms with E-state index in [1.807, 2.05) is 30.3 Å². The molecule has 1 saturated carbocycles. The zero-order chi connectivity index (χ0) is 35.7. The lowest BCUT2D eigenvalue weighted by Gasteiger charge is -2.35. The third-order valence-corrected chi connectivity index (χ3v) is 11.3. The highest BCUT2D eigenvalue weighted by Gasteiger charge is 2.36. The highest BCUT2D eigenvalue weighted by molar-refractivity contribution is 7.92. The van der Waals surface area contributed by atoms with Gasteiger partial charge in [0.25, 0.3) is 10.0 Å². The minimum Gasteiger partial charge on any atom is -0.492 e. The molecule has 0 radical (unpaired) electrons. The molecule has 0 aromatic heterocycles. The molecule has 0 heterocycles. The summed E-state index contributed by atoms with van der Waals surface area (Å²) in [6.07, 6.45) is 5.02. The summed E-state index contributed by atoms with van der Waals surface area (Å²) in [6.45, 7) is 1.34. The molecule has 0 spiro atoms. The second kappa shape index (κ2) is 17.4. The van der Waals surface area contributed by atoms with Crippen LogP contribution in [0.3, 0.4) is 0 Å². The van der Waals surface area contributed by atoms with Gasteiger partial charge in [-0.25, -0.2) is 8.42 Å². The summed E-state index contributed by atoms with van der Waals surface area (Å²) in [5, 5.41) is 4.30. The summed E-state index contributed by atoms with van der Waals surface area (Å²) < 4.78 is 35.7. The first kappa shape index (κ1) is 37.5. The Bertz CT molecular complexity index is 1870. The van der Waals surface area contributed by atoms with Crippen LogP contribution in [0.25, 0.3) is 0 Å². The molecule has 4 aromatic carbocycles. The largest absolute Gasteiger partial charge is 0.492 e. The first-order chi connectivity index (χ1) is 24.1. The fourth-order valence-electron chi connectivity index (χ4n) is 6.12. The minimum atomic E-state index is -4.35. The number of benzene rings is 4. The molecule has 0 unspecified atom stereocenters. The van der Waals surface area contributed by atoms with Gasteiger partial charge in [0.2, 0.25) is 11.8 Å². The van der Waals surface area contributed by atoms with Crippen LogP contribution in [0, 0.1) is 0 Å². The molecule has 1 N–H and O–H groups in total. The predicted octanol–water partition coefficient (Wildman–Crippen LogP) is 8.33. The molecule has 1 aliphatic rings. The van der Waals surface area contributed by atoms with Gasteiger partial charge < -0.3 is 15.0 Å². The topological polar surface area (TPSA) is 96.0 Å². The van der Waals surface area contributed by atoms with E-state index >= 15 is 0 Å². The molecule has 5 rings (SSSR count). The van der Waals surface area contributed by atoms with Crippen LogP contribution < -0.4 is 14.4 Å². The van der Waals surface area contributed by atoms with Crippen molar-refractivity contribution in [3.8, 4) is 5.75 Å². The Hall–Kier alpha value is -3.76. The standard InChI is InChI=1S/C38H40Cl3N3O5S/c1-2-49-36-16-10-9-15-34(36)44(50(47,48)32-21-19-29(39)20-22-32)26-37(45)43(25-28-17-18-30(40)24-33(28)41)35(23-27-11-5-3-6-12-27)38(46)42-31-13-7-4-8-14-31/h3,5-6,9-12,15-22,24,31,35H,2,4,7-8,13-14,23,25-26H2,1H3,(H,42,46)/t35-/m1/s1. The Morgan fingerprint density at radius 3 is 2.20 bits per heavy atom. The van der Waals surface area contributed by atoms with Gasteiger partial charge in [-0.05, 0) is 79.4 Å². The Morgan fingerprint density at radius 1 is 0.860 bits per heavy atom. The number of anilines is 1. The number of sulfonamides is 1. The summed E-state index contributed by atoms with van der Waals surface area (Å²) >= 11 is 19.0. The van der Waals surface area contributed by atoms with Crippen molar-refractivity contribution in [1.82, 2.24) is 10.2 Å². The smallest absolute Gasteiger partial charge is 0.264 e. The van der Waals surface area contributed by atoms with Crippen molar-refractivity contribution in [3.05, 3.63) is 123 Å². The number of para-hydroxylation sites is 2. The van der Waals surface area contributed by atoms with Crippen molar-refractivity contribution in [2.75, 3.05) is 17.5 Å². The van der Waals surface area contributed by atoms with Crippen LogP contribution in [0.15, 0.2) is 102 Å². The molecule has 2 amide bonds. The number of nitrogens with zero attached hydrogens (tertiary/aromatic N) is 2. The molecular formula is C38H40Cl3N3O5S. The number of carbonyl (C=O) groups excluding carboxylic acids is 2. The maximum atomic E-state index is 14.8. The lowest BCUT2D eigenvalue weighted by molar-refractivity contribution is -0.140. The molecule has 50 heavy (non-hydrogen) atoms. The maximum absolute atomic E-state index is 14.8. The van der Waals surface area contributed by atoms with Crippen molar-refractivity contribution < 1.29 is 22.7 Å². The first-order valence-electron chi connectivity index (χ1n) is 16.6. The zero-order valence-electron chi connectivity index (χ0n) is 27.7. The van der Waals surface area contributed by atoms with Crippen molar-refractivity contribution >= 4 is 62.3 Å². The normalized spacial score (nSPS) is 14.1. The molecule has 1 fully saturated rings. The average Bonchev–Trinajstić information content (AvgIpc) is 3.11. The van der Waals surface area contributed by atoms with E-state index in [-0.39, 0.29) is 47.9 Å². The predicted molar refractivity (Wildman–Crippen MR) is 200 cm³/mol. The van der Waals surface area contributed by atoms with Gasteiger partial charge in [-0.15, -0.1) is 0 Å². The van der Waals surface area contributed by atoms with Crippen LogP contribution in [0.5, 0.6) is 5.75 Å². The summed E-state index contributed by atoms with van der Waals surface area (Å²) in [7, 11) is -4.35. The Morgan fingerprint density at radius 2 is 1.52 bits per heavy atom. The van der Waals surface area contributed by atoms with Gasteiger partial charge in [-0.3, -0.25) is 13.9 Å². The summed E-state index contributed by atoms with van der Waals surface area (Å²) in [6, 6.07) is 25.7. The number of hydrogen-bond donors (Lipinski definition) is 1. The number of rotatable bonds is 14. The van der Waals surface area contributed by atoms with Crippen molar-refractivity contribution in [2.24, 2.45) is 0 Å². The molecule has 1 atom stereocenters. The second-order valence-electron chi connectivity index (χ2n) is 12.2. The van der Waals surface area contributed by atoms with E-state index in [2.05, 4.69) is 5.32 Å². The van der Waals surface area contributed by atoms with E-state index in [4.69, 9.17) is 39.5 Å². The van der Waals surface area contributed by atoms with Crippen molar-refractivity contribution in [1.29, 1.82) is 0 Å².